The van der Waals surface area contributed by atoms with Gasteiger partial charge in [-0.1, -0.05) is 42.5 Å². The van der Waals surface area contributed by atoms with Crippen LogP contribution in [0.15, 0.2) is 71.7 Å². The van der Waals surface area contributed by atoms with Crippen molar-refractivity contribution in [3.8, 4) is 16.9 Å². The Kier molecular flexibility index (Phi) is 7.05. The Hall–Kier alpha value is -3.80. The lowest BCUT2D eigenvalue weighted by atomic mass is 9.81. The molecule has 0 aromatic heterocycles. The number of ether oxygens (including phenoxy) is 2. The van der Waals surface area contributed by atoms with Crippen molar-refractivity contribution in [2.24, 2.45) is 10.7 Å². The maximum Gasteiger partial charge on any atom is 0.274 e. The minimum absolute atomic E-state index is 0.0118. The smallest absolute Gasteiger partial charge is 0.274 e. The lowest BCUT2D eigenvalue weighted by Gasteiger charge is -2.27. The molecule has 9 nitrogen and oxygen atoms in total. The van der Waals surface area contributed by atoms with Crippen molar-refractivity contribution < 1.29 is 31.6 Å². The Bertz CT molecular complexity index is 1480. The van der Waals surface area contributed by atoms with Crippen molar-refractivity contribution in [1.82, 2.24) is 4.90 Å². The summed E-state index contributed by atoms with van der Waals surface area (Å²) >= 11 is 0. The van der Waals surface area contributed by atoms with Gasteiger partial charge >= 0.3 is 0 Å². The molecule has 1 heterocycles. The molecule has 0 radical (unpaired) electrons. The fourth-order valence-corrected chi connectivity index (χ4v) is 5.20. The Balaban J connectivity index is 1.88. The molecular formula is C26H26FN3O6S. The van der Waals surface area contributed by atoms with Crippen molar-refractivity contribution in [3.63, 3.8) is 0 Å². The first-order chi connectivity index (χ1) is 17.5. The molecule has 4 rings (SSSR count). The zero-order chi connectivity index (χ0) is 27.0. The number of benzene rings is 3. The molecule has 3 N–H and O–H groups in total. The Morgan fingerprint density at radius 1 is 1.08 bits per heavy atom. The highest BCUT2D eigenvalue weighted by Crippen LogP contribution is 2.41. The summed E-state index contributed by atoms with van der Waals surface area (Å²) in [4.78, 5) is 19.4. The van der Waals surface area contributed by atoms with Gasteiger partial charge < -0.3 is 15.2 Å². The largest absolute Gasteiger partial charge is 0.497 e. The number of rotatable bonds is 8. The van der Waals surface area contributed by atoms with Crippen LogP contribution in [-0.4, -0.2) is 57.6 Å². The number of carbonyl (C=O) groups is 1. The molecule has 1 aliphatic heterocycles. The number of halogens is 1. The van der Waals surface area contributed by atoms with E-state index >= 15 is 0 Å². The summed E-state index contributed by atoms with van der Waals surface area (Å²) in [5.74, 6) is -0.453. The van der Waals surface area contributed by atoms with Crippen molar-refractivity contribution >= 4 is 22.0 Å². The maximum absolute atomic E-state index is 14.7. The van der Waals surface area contributed by atoms with Gasteiger partial charge in [0.2, 0.25) is 0 Å². The van der Waals surface area contributed by atoms with E-state index in [1.54, 1.807) is 42.5 Å². The number of amides is 1. The summed E-state index contributed by atoms with van der Waals surface area (Å²) in [5.41, 5.74) is 6.33. The van der Waals surface area contributed by atoms with Crippen molar-refractivity contribution in [2.75, 3.05) is 27.9 Å². The number of aliphatic imine (C=N–C) groups is 1. The Labute approximate surface area is 214 Å². The summed E-state index contributed by atoms with van der Waals surface area (Å²) in [6.07, 6.45) is 0. The fraction of sp³-hybridized carbons (Fsp3) is 0.231. The van der Waals surface area contributed by atoms with Gasteiger partial charge in [0, 0.05) is 19.7 Å². The van der Waals surface area contributed by atoms with E-state index < -0.39 is 32.6 Å². The maximum atomic E-state index is 14.7. The van der Waals surface area contributed by atoms with Crippen LogP contribution in [0.4, 0.5) is 4.39 Å². The molecule has 0 aliphatic carbocycles. The van der Waals surface area contributed by atoms with Gasteiger partial charge in [-0.15, -0.1) is 0 Å². The van der Waals surface area contributed by atoms with Gasteiger partial charge in [-0.25, -0.2) is 9.38 Å². The predicted octanol–water partition coefficient (Wildman–Crippen LogP) is 3.11. The summed E-state index contributed by atoms with van der Waals surface area (Å²) in [6, 6.07) is 17.2. The number of carbonyl (C=O) groups excluding carboxylic acids is 1. The fourth-order valence-electron chi connectivity index (χ4n) is 4.39. The molecule has 37 heavy (non-hydrogen) atoms. The van der Waals surface area contributed by atoms with Crippen LogP contribution in [-0.2, 0) is 25.2 Å². The molecule has 1 amide bonds. The highest BCUT2D eigenvalue weighted by Gasteiger charge is 2.49. The normalized spacial score (nSPS) is 18.6. The second-order valence-electron chi connectivity index (χ2n) is 8.55. The first kappa shape index (κ1) is 26.3. The zero-order valence-corrected chi connectivity index (χ0v) is 21.2. The number of guanidine groups is 1. The van der Waals surface area contributed by atoms with Gasteiger partial charge in [0.15, 0.2) is 11.5 Å². The molecule has 0 bridgehead atoms. The molecule has 0 saturated heterocycles. The standard InChI is InChI=1S/C26H26FN3O6S/c1-30-24(31)26(29-25(30)28,18-9-7-16(8-10-18)23(15-35-2)37(32,33)34)19-6-4-5-17(13-19)21-14-20(36-3)11-12-22(21)27/h4-14,23H,15H2,1-3H3,(H2,28,29)(H,32,33,34). The van der Waals surface area contributed by atoms with E-state index in [1.165, 1.54) is 50.4 Å². The van der Waals surface area contributed by atoms with Gasteiger partial charge in [0.25, 0.3) is 16.0 Å². The van der Waals surface area contributed by atoms with Gasteiger partial charge in [0.1, 0.15) is 16.8 Å². The lowest BCUT2D eigenvalue weighted by Crippen LogP contribution is -2.41. The van der Waals surface area contributed by atoms with E-state index in [4.69, 9.17) is 15.2 Å². The van der Waals surface area contributed by atoms with Gasteiger partial charge in [-0.3, -0.25) is 14.2 Å². The van der Waals surface area contributed by atoms with Crippen molar-refractivity contribution in [1.29, 1.82) is 0 Å². The molecule has 2 unspecified atom stereocenters. The second-order valence-corrected chi connectivity index (χ2v) is 10.2. The van der Waals surface area contributed by atoms with Crippen LogP contribution in [0, 0.1) is 5.82 Å². The SMILES string of the molecule is COCC(c1ccc(C2(c3cccc(-c4cc(OC)ccc4F)c3)N=C(N)N(C)C2=O)cc1)S(=O)(=O)O. The van der Waals surface area contributed by atoms with Crippen molar-refractivity contribution in [2.45, 2.75) is 10.8 Å². The topological polar surface area (TPSA) is 132 Å². The van der Waals surface area contributed by atoms with E-state index in [9.17, 15) is 22.2 Å². The number of hydrogen-bond donors (Lipinski definition) is 2. The summed E-state index contributed by atoms with van der Waals surface area (Å²) in [6.45, 7) is -0.260. The third-order valence-corrected chi connectivity index (χ3v) is 7.51. The van der Waals surface area contributed by atoms with Crippen LogP contribution in [0.25, 0.3) is 11.1 Å². The van der Waals surface area contributed by atoms with E-state index in [0.717, 1.165) is 0 Å². The monoisotopic (exact) mass is 527 g/mol. The molecule has 2 atom stereocenters. The van der Waals surface area contributed by atoms with Crippen LogP contribution < -0.4 is 10.5 Å². The Morgan fingerprint density at radius 2 is 1.78 bits per heavy atom. The van der Waals surface area contributed by atoms with Crippen LogP contribution in [0.3, 0.4) is 0 Å². The van der Waals surface area contributed by atoms with Crippen LogP contribution in [0.2, 0.25) is 0 Å². The lowest BCUT2D eigenvalue weighted by molar-refractivity contribution is -0.129. The minimum atomic E-state index is -4.45. The molecule has 11 heteroatoms. The van der Waals surface area contributed by atoms with Gasteiger partial charge in [-0.2, -0.15) is 8.42 Å². The summed E-state index contributed by atoms with van der Waals surface area (Å²) in [5, 5.41) is -1.31. The van der Waals surface area contributed by atoms with Crippen LogP contribution in [0.1, 0.15) is 21.9 Å². The van der Waals surface area contributed by atoms with Gasteiger partial charge in [0.05, 0.1) is 13.7 Å². The van der Waals surface area contributed by atoms with Crippen LogP contribution in [0.5, 0.6) is 5.75 Å². The number of methoxy groups -OCH3 is 2. The molecular weight excluding hydrogens is 501 g/mol. The van der Waals surface area contributed by atoms with E-state index in [1.807, 2.05) is 0 Å². The zero-order valence-electron chi connectivity index (χ0n) is 20.4. The average molecular weight is 528 g/mol. The molecule has 3 aromatic carbocycles. The van der Waals surface area contributed by atoms with E-state index in [2.05, 4.69) is 4.99 Å². The molecule has 194 valence electrons. The first-order valence-corrected chi connectivity index (χ1v) is 12.7. The average Bonchev–Trinajstić information content (AvgIpc) is 3.12. The first-order valence-electron chi connectivity index (χ1n) is 11.2. The third-order valence-electron chi connectivity index (χ3n) is 6.38. The third kappa shape index (κ3) is 4.68. The predicted molar refractivity (Wildman–Crippen MR) is 136 cm³/mol. The minimum Gasteiger partial charge on any atom is -0.497 e. The number of nitrogens with two attached hydrogens (primary N) is 1. The molecule has 3 aromatic rings. The number of likely N-dealkylation sites (N-methyl/N-ethyl adjacent to an activating group) is 1. The molecule has 1 aliphatic rings. The Morgan fingerprint density at radius 3 is 2.35 bits per heavy atom. The van der Waals surface area contributed by atoms with E-state index in [0.29, 0.717) is 22.4 Å². The molecule has 0 spiro atoms. The molecule has 0 fully saturated rings. The van der Waals surface area contributed by atoms with Crippen LogP contribution >= 0.6 is 0 Å². The van der Waals surface area contributed by atoms with Gasteiger partial charge in [-0.05, 0) is 46.5 Å². The van der Waals surface area contributed by atoms with Crippen molar-refractivity contribution in [3.05, 3.63) is 89.2 Å². The van der Waals surface area contributed by atoms with E-state index in [-0.39, 0.29) is 23.7 Å². The molecule has 0 saturated carbocycles. The summed E-state index contributed by atoms with van der Waals surface area (Å²) in [7, 11) is -0.146. The number of nitrogens with zero attached hydrogens (tertiary/aromatic N) is 2. The highest BCUT2D eigenvalue weighted by atomic mass is 32.2. The highest BCUT2D eigenvalue weighted by molar-refractivity contribution is 7.86. The number of hydrogen-bond acceptors (Lipinski definition) is 7. The quantitative estimate of drug-likeness (QED) is 0.430. The second kappa shape index (κ2) is 9.92. The summed E-state index contributed by atoms with van der Waals surface area (Å²) < 4.78 is 58.3.